The van der Waals surface area contributed by atoms with E-state index in [9.17, 15) is 30.6 Å². The van der Waals surface area contributed by atoms with E-state index in [-0.39, 0.29) is 70.5 Å². The third-order valence-corrected chi connectivity index (χ3v) is 22.0. The van der Waals surface area contributed by atoms with Gasteiger partial charge in [-0.15, -0.1) is 44.2 Å². The number of nitrogen functional groups attached to an aromatic ring is 6. The van der Waals surface area contributed by atoms with Crippen molar-refractivity contribution in [2.45, 2.75) is 20.8 Å². The molecule has 126 heavy (non-hydrogen) atoms. The number of aromatic hydroxyl groups is 6. The highest BCUT2D eigenvalue weighted by molar-refractivity contribution is 7.15. The van der Waals surface area contributed by atoms with Gasteiger partial charge in [-0.1, -0.05) is 69.6 Å². The molecule has 0 aliphatic heterocycles. The maximum Gasteiger partial charge on any atom is 0.184 e. The van der Waals surface area contributed by atoms with Crippen LogP contribution in [-0.2, 0) is 21.1 Å². The van der Waals surface area contributed by atoms with Crippen LogP contribution in [0.5, 0.6) is 34.5 Å². The fraction of sp³-hybridized carbons (Fsp3) is 0.0723. The zero-order valence-electron chi connectivity index (χ0n) is 66.5. The van der Waals surface area contributed by atoms with Gasteiger partial charge in [0.2, 0.25) is 0 Å². The Kier molecular flexibility index (Phi) is 27.9. The Hall–Kier alpha value is -14.4. The number of anilines is 6. The Morgan fingerprint density at radius 3 is 0.937 bits per heavy atom. The minimum atomic E-state index is 0.00373. The molecule has 6 aromatic carbocycles. The van der Waals surface area contributed by atoms with Gasteiger partial charge in [-0.2, -0.15) is 0 Å². The maximum atomic E-state index is 9.56. The Balaban J connectivity index is 0.000000130. The van der Waals surface area contributed by atoms with Crippen molar-refractivity contribution in [2.75, 3.05) is 34.4 Å². The summed E-state index contributed by atoms with van der Waals surface area (Å²) in [6.45, 7) is 5.79. The van der Waals surface area contributed by atoms with Gasteiger partial charge in [0.05, 0.1) is 107 Å². The molecule has 0 atom stereocenters. The van der Waals surface area contributed by atoms with Gasteiger partial charge < -0.3 is 78.7 Å². The quantitative estimate of drug-likeness (QED) is 0.0540. The predicted octanol–water partition coefficient (Wildman–Crippen LogP) is 17.4. The normalized spacial score (nSPS) is 10.8. The number of phenolic OH excluding ortho intramolecular Hbond substituents is 6. The van der Waals surface area contributed by atoms with Gasteiger partial charge in [0, 0.05) is 107 Å². The fourth-order valence-electron chi connectivity index (χ4n) is 11.7. The number of aryl methyl sites for hydroxylation is 6. The Labute approximate surface area is 758 Å². The molecule has 0 saturated carbocycles. The van der Waals surface area contributed by atoms with Crippen LogP contribution in [0.25, 0.3) is 134 Å². The third kappa shape index (κ3) is 21.3. The number of rotatable bonds is 12. The monoisotopic (exact) mass is 1860 g/mol. The number of halogens is 6. The van der Waals surface area contributed by atoms with E-state index in [1.807, 2.05) is 67.2 Å². The smallest absolute Gasteiger partial charge is 0.184 e. The Morgan fingerprint density at radius 1 is 0.310 bits per heavy atom. The second-order valence-corrected chi connectivity index (χ2v) is 32.2. The van der Waals surface area contributed by atoms with E-state index < -0.39 is 0 Å². The number of phenols is 6. The molecule has 18 aromatic rings. The number of aromatic nitrogens is 22. The van der Waals surface area contributed by atoms with Crippen LogP contribution in [0.2, 0.25) is 30.1 Å². The van der Waals surface area contributed by atoms with Crippen LogP contribution < -0.4 is 34.4 Å². The van der Waals surface area contributed by atoms with Crippen molar-refractivity contribution >= 4 is 139 Å². The van der Waals surface area contributed by atoms with Crippen LogP contribution in [0.1, 0.15) is 16.3 Å². The van der Waals surface area contributed by atoms with E-state index in [1.54, 1.807) is 109 Å². The standard InChI is InChI=1S/C15H14ClN5O.C14H12ClN5O.2C14H11ClN4OS.C13H11ClN6O.C13H9ClN4OS/c1-8-7-21(2)15(19-8)14-13(18-6-12(17)20-14)9-3-4-11(22)10(16)5-9;1-20-5-4-17-14(20)13-12(18-7-11(16)19-13)8-2-3-10(21)9(15)6-8;1-7-6-21-14(18-7)13-12(17-5-11(16)19-13)8-2-3-10(20)9(15)4-8;1-7-5-18-14(21-7)13-12(17-6-11(16)19-13)8-2-3-10(20)9(15)4-8;1-20-6-17-19-13(20)12-11(16-5-10(15)18-12)7-2-3-9(21)8(14)4-7;14-8-5-7(1-2-9(8)19)11-12(13-16-3-4-20-13)18-10(15)6-17-11/h3-7,22H,1-2H3,(H2,17,20);2-7,21H,1H3,(H2,16,19);2*2-6,20H,1H3,(H2,16,19);2-6,21H,1H3,(H2,15,18);1-6,19H,(H2,15,18). The Bertz CT molecular complexity index is 6750. The first-order chi connectivity index (χ1) is 60.3. The molecule has 0 radical (unpaired) electrons. The number of hydrogen-bond donors (Lipinski definition) is 12. The van der Waals surface area contributed by atoms with E-state index in [4.69, 9.17) is 104 Å². The van der Waals surface area contributed by atoms with Gasteiger partial charge in [0.25, 0.3) is 0 Å². The molecule has 18 rings (SSSR count). The largest absolute Gasteiger partial charge is 0.506 e. The first kappa shape index (κ1) is 89.3. The average Bonchev–Trinajstić information content (AvgIpc) is 1.44. The summed E-state index contributed by atoms with van der Waals surface area (Å²) >= 11 is 40.2. The van der Waals surface area contributed by atoms with E-state index in [1.165, 1.54) is 108 Å². The number of benzene rings is 6. The van der Waals surface area contributed by atoms with E-state index in [0.29, 0.717) is 120 Å². The molecular weight excluding hydrogens is 1790 g/mol. The lowest BCUT2D eigenvalue weighted by molar-refractivity contribution is 0.475. The SMILES string of the molecule is Cc1cn(C)c(-c2nc(N)cnc2-c2ccc(O)c(Cl)c2)n1.Cc1cnc(-c2nc(N)cnc2-c2ccc(O)c(Cl)c2)s1.Cc1csc(-c2nc(N)cnc2-c2ccc(O)c(Cl)c2)n1.Cn1ccnc1-c1nc(N)cnc1-c1ccc(O)c(Cl)c1.Cn1cnnc1-c1nc(N)cnc1-c1ccc(O)c(Cl)c1.Nc1cnc(-c2ccc(O)c(Cl)c2)c(-c2nccs2)n1. The fourth-order valence-corrected chi connectivity index (χ4v) is 15.0. The average molecular weight is 1860 g/mol. The second kappa shape index (κ2) is 39.4. The lowest BCUT2D eigenvalue weighted by Crippen LogP contribution is -2.02. The van der Waals surface area contributed by atoms with Crippen molar-refractivity contribution in [1.29, 1.82) is 0 Å². The summed E-state index contributed by atoms with van der Waals surface area (Å²) in [5.74, 6) is 3.82. The highest BCUT2D eigenvalue weighted by atomic mass is 35.5. The number of hydrogen-bond acceptors (Lipinski definition) is 34. The molecule has 12 heterocycles. The molecular formula is C83H68Cl6N28O6S3. The summed E-state index contributed by atoms with van der Waals surface area (Å²) in [4.78, 5) is 74.8. The molecule has 43 heteroatoms. The van der Waals surface area contributed by atoms with Crippen LogP contribution in [0.3, 0.4) is 0 Å². The number of nitrogens with two attached hydrogens (primary N) is 6. The van der Waals surface area contributed by atoms with E-state index in [2.05, 4.69) is 94.9 Å². The zero-order chi connectivity index (χ0) is 89.9. The lowest BCUT2D eigenvalue weighted by Gasteiger charge is -2.09. The molecule has 0 fully saturated rings. The van der Waals surface area contributed by atoms with Gasteiger partial charge in [-0.3, -0.25) is 15.0 Å². The van der Waals surface area contributed by atoms with Crippen molar-refractivity contribution < 1.29 is 30.6 Å². The summed E-state index contributed by atoms with van der Waals surface area (Å²) in [6.07, 6.45) is 19.3. The molecule has 18 N–H and O–H groups in total. The van der Waals surface area contributed by atoms with Gasteiger partial charge in [-0.05, 0) is 130 Å². The molecule has 0 aliphatic carbocycles. The molecule has 34 nitrogen and oxygen atoms in total. The van der Waals surface area contributed by atoms with Crippen LogP contribution in [0.4, 0.5) is 34.9 Å². The van der Waals surface area contributed by atoms with Gasteiger partial charge >= 0.3 is 0 Å². The van der Waals surface area contributed by atoms with Crippen molar-refractivity contribution in [3.8, 4) is 169 Å². The summed E-state index contributed by atoms with van der Waals surface area (Å²) in [5, 5.41) is 72.5. The minimum Gasteiger partial charge on any atom is -0.506 e. The van der Waals surface area contributed by atoms with Crippen molar-refractivity contribution in [1.82, 2.24) is 109 Å². The highest BCUT2D eigenvalue weighted by Crippen LogP contribution is 2.42. The van der Waals surface area contributed by atoms with E-state index in [0.717, 1.165) is 59.1 Å². The summed E-state index contributed by atoms with van der Waals surface area (Å²) in [7, 11) is 5.54. The van der Waals surface area contributed by atoms with Crippen molar-refractivity contribution in [3.05, 3.63) is 241 Å². The molecule has 12 aromatic heterocycles. The molecule has 0 aliphatic rings. The van der Waals surface area contributed by atoms with Gasteiger partial charge in [0.15, 0.2) is 17.5 Å². The summed E-state index contributed by atoms with van der Waals surface area (Å²) < 4.78 is 5.41. The molecule has 0 bridgehead atoms. The predicted molar refractivity (Wildman–Crippen MR) is 493 cm³/mol. The highest BCUT2D eigenvalue weighted by Gasteiger charge is 2.24. The number of nitrogens with zero attached hydrogens (tertiary/aromatic N) is 22. The minimum absolute atomic E-state index is 0.00373. The van der Waals surface area contributed by atoms with Crippen LogP contribution in [0, 0.1) is 20.8 Å². The van der Waals surface area contributed by atoms with Gasteiger partial charge in [-0.25, -0.2) is 69.8 Å². The summed E-state index contributed by atoms with van der Waals surface area (Å²) in [6, 6.07) is 29.2. The molecule has 0 unspecified atom stereocenters. The summed E-state index contributed by atoms with van der Waals surface area (Å²) in [5.41, 5.74) is 47.6. The zero-order valence-corrected chi connectivity index (χ0v) is 73.4. The molecule has 636 valence electrons. The molecule has 0 spiro atoms. The van der Waals surface area contributed by atoms with Crippen LogP contribution in [0.15, 0.2) is 194 Å². The van der Waals surface area contributed by atoms with E-state index >= 15 is 0 Å². The van der Waals surface area contributed by atoms with Crippen LogP contribution in [-0.4, -0.2) is 139 Å². The Morgan fingerprint density at radius 2 is 0.651 bits per heavy atom. The maximum absolute atomic E-state index is 9.56. The first-order valence-electron chi connectivity index (χ1n) is 36.6. The van der Waals surface area contributed by atoms with Crippen molar-refractivity contribution in [3.63, 3.8) is 0 Å². The van der Waals surface area contributed by atoms with Crippen LogP contribution >= 0.6 is 104 Å². The number of thiazole rings is 3. The lowest BCUT2D eigenvalue weighted by atomic mass is 10.1. The third-order valence-electron chi connectivity index (χ3n) is 17.5. The molecule has 0 saturated heterocycles. The first-order valence-corrected chi connectivity index (χ1v) is 41.4. The second-order valence-electron chi connectivity index (χ2n) is 26.8. The number of imidazole rings is 2. The molecule has 0 amide bonds. The van der Waals surface area contributed by atoms with Gasteiger partial charge in [0.1, 0.15) is 125 Å². The van der Waals surface area contributed by atoms with Crippen molar-refractivity contribution in [2.24, 2.45) is 21.1 Å². The topological polar surface area (TPSA) is 537 Å².